The number of halogens is 2. The lowest BCUT2D eigenvalue weighted by Crippen LogP contribution is -1.79. The SMILES string of the molecule is N#Cc1ccc(Sc2ccc(F)cc2)cc1Cl. The quantitative estimate of drug-likeness (QED) is 0.796. The van der Waals surface area contributed by atoms with Crippen LogP contribution < -0.4 is 0 Å². The lowest BCUT2D eigenvalue weighted by atomic mass is 10.2. The Morgan fingerprint density at radius 3 is 2.29 bits per heavy atom. The molecule has 2 aromatic carbocycles. The molecule has 0 aliphatic rings. The van der Waals surface area contributed by atoms with Gasteiger partial charge in [-0.2, -0.15) is 5.26 Å². The fraction of sp³-hybridized carbons (Fsp3) is 0. The van der Waals surface area contributed by atoms with Gasteiger partial charge in [0.2, 0.25) is 0 Å². The fourth-order valence-corrected chi connectivity index (χ4v) is 2.43. The molecule has 0 aliphatic carbocycles. The summed E-state index contributed by atoms with van der Waals surface area (Å²) in [6, 6.07) is 13.4. The minimum absolute atomic E-state index is 0.257. The van der Waals surface area contributed by atoms with Gasteiger partial charge >= 0.3 is 0 Å². The van der Waals surface area contributed by atoms with Gasteiger partial charge in [-0.15, -0.1) is 0 Å². The highest BCUT2D eigenvalue weighted by molar-refractivity contribution is 7.99. The molecule has 0 fully saturated rings. The topological polar surface area (TPSA) is 23.8 Å². The Kier molecular flexibility index (Phi) is 3.68. The fourth-order valence-electron chi connectivity index (χ4n) is 1.29. The molecule has 2 aromatic rings. The smallest absolute Gasteiger partial charge is 0.123 e. The molecule has 1 nitrogen and oxygen atoms in total. The van der Waals surface area contributed by atoms with Gasteiger partial charge in [-0.05, 0) is 42.5 Å². The van der Waals surface area contributed by atoms with Gasteiger partial charge in [-0.1, -0.05) is 23.4 Å². The van der Waals surface area contributed by atoms with Crippen molar-refractivity contribution in [2.24, 2.45) is 0 Å². The van der Waals surface area contributed by atoms with Gasteiger partial charge in [0.05, 0.1) is 10.6 Å². The second kappa shape index (κ2) is 5.22. The van der Waals surface area contributed by atoms with Crippen molar-refractivity contribution in [1.82, 2.24) is 0 Å². The molecule has 0 saturated heterocycles. The van der Waals surface area contributed by atoms with E-state index in [1.165, 1.54) is 23.9 Å². The zero-order valence-corrected chi connectivity index (χ0v) is 10.2. The monoisotopic (exact) mass is 263 g/mol. The Morgan fingerprint density at radius 1 is 1.06 bits per heavy atom. The summed E-state index contributed by atoms with van der Waals surface area (Å²) in [4.78, 5) is 1.84. The molecule has 0 atom stereocenters. The molecule has 84 valence electrons. The number of hydrogen-bond donors (Lipinski definition) is 0. The molecule has 0 radical (unpaired) electrons. The summed E-state index contributed by atoms with van der Waals surface area (Å²) in [6.07, 6.45) is 0. The molecular weight excluding hydrogens is 257 g/mol. The van der Waals surface area contributed by atoms with Crippen LogP contribution in [-0.2, 0) is 0 Å². The van der Waals surface area contributed by atoms with E-state index in [0.717, 1.165) is 9.79 Å². The van der Waals surface area contributed by atoms with Crippen molar-refractivity contribution in [3.8, 4) is 6.07 Å². The first kappa shape index (κ1) is 12.0. The van der Waals surface area contributed by atoms with Crippen LogP contribution in [0.4, 0.5) is 4.39 Å². The summed E-state index contributed by atoms with van der Waals surface area (Å²) >= 11 is 7.39. The van der Waals surface area contributed by atoms with Crippen LogP contribution in [0.1, 0.15) is 5.56 Å². The maximum Gasteiger partial charge on any atom is 0.123 e. The maximum absolute atomic E-state index is 12.7. The second-order valence-electron chi connectivity index (χ2n) is 3.31. The summed E-state index contributed by atoms with van der Waals surface area (Å²) < 4.78 is 12.7. The van der Waals surface area contributed by atoms with Crippen LogP contribution in [0.5, 0.6) is 0 Å². The van der Waals surface area contributed by atoms with Crippen molar-refractivity contribution in [2.75, 3.05) is 0 Å². The molecule has 0 saturated carbocycles. The van der Waals surface area contributed by atoms with E-state index in [1.54, 1.807) is 24.3 Å². The standard InChI is InChI=1S/C13H7ClFNS/c14-13-7-12(4-1-9(13)8-16)17-11-5-2-10(15)3-6-11/h1-7H. The summed E-state index contributed by atoms with van der Waals surface area (Å²) in [5, 5.41) is 9.18. The molecule has 17 heavy (non-hydrogen) atoms. The highest BCUT2D eigenvalue weighted by Crippen LogP contribution is 2.30. The van der Waals surface area contributed by atoms with E-state index in [-0.39, 0.29) is 5.82 Å². The Balaban J connectivity index is 2.22. The maximum atomic E-state index is 12.7. The Labute approximate surface area is 108 Å². The van der Waals surface area contributed by atoms with Crippen LogP contribution in [0, 0.1) is 17.1 Å². The van der Waals surface area contributed by atoms with E-state index in [1.807, 2.05) is 12.1 Å². The third kappa shape index (κ3) is 3.00. The number of rotatable bonds is 2. The van der Waals surface area contributed by atoms with Gasteiger partial charge in [0.1, 0.15) is 11.9 Å². The minimum atomic E-state index is -0.257. The molecular formula is C13H7ClFNS. The van der Waals surface area contributed by atoms with Crippen molar-refractivity contribution in [2.45, 2.75) is 9.79 Å². The van der Waals surface area contributed by atoms with E-state index < -0.39 is 0 Å². The van der Waals surface area contributed by atoms with Crippen molar-refractivity contribution >= 4 is 23.4 Å². The lowest BCUT2D eigenvalue weighted by Gasteiger charge is -2.03. The average Bonchev–Trinajstić information content (AvgIpc) is 2.32. The van der Waals surface area contributed by atoms with Crippen molar-refractivity contribution in [3.05, 3.63) is 58.9 Å². The average molecular weight is 264 g/mol. The first-order valence-electron chi connectivity index (χ1n) is 4.82. The lowest BCUT2D eigenvalue weighted by molar-refractivity contribution is 0.626. The third-order valence-electron chi connectivity index (χ3n) is 2.11. The molecule has 0 unspecified atom stereocenters. The first-order valence-corrected chi connectivity index (χ1v) is 6.01. The third-order valence-corrected chi connectivity index (χ3v) is 3.42. The van der Waals surface area contributed by atoms with E-state index in [0.29, 0.717) is 10.6 Å². The number of benzene rings is 2. The van der Waals surface area contributed by atoms with Crippen molar-refractivity contribution < 1.29 is 4.39 Å². The minimum Gasteiger partial charge on any atom is -0.207 e. The van der Waals surface area contributed by atoms with Crippen molar-refractivity contribution in [3.63, 3.8) is 0 Å². The highest BCUT2D eigenvalue weighted by atomic mass is 35.5. The van der Waals surface area contributed by atoms with E-state index in [9.17, 15) is 4.39 Å². The van der Waals surface area contributed by atoms with Gasteiger partial charge in [0, 0.05) is 9.79 Å². The van der Waals surface area contributed by atoms with Gasteiger partial charge < -0.3 is 0 Å². The molecule has 0 spiro atoms. The van der Waals surface area contributed by atoms with Crippen LogP contribution in [0.3, 0.4) is 0 Å². The largest absolute Gasteiger partial charge is 0.207 e. The van der Waals surface area contributed by atoms with Crippen LogP contribution >= 0.6 is 23.4 Å². The number of nitriles is 1. The summed E-state index contributed by atoms with van der Waals surface area (Å²) in [6.45, 7) is 0. The van der Waals surface area contributed by atoms with Gasteiger partial charge in [0.15, 0.2) is 0 Å². The van der Waals surface area contributed by atoms with E-state index in [4.69, 9.17) is 16.9 Å². The van der Waals surface area contributed by atoms with E-state index in [2.05, 4.69) is 0 Å². The zero-order valence-electron chi connectivity index (χ0n) is 8.65. The van der Waals surface area contributed by atoms with Crippen LogP contribution in [0.25, 0.3) is 0 Å². The Bertz CT molecular complexity index is 575. The van der Waals surface area contributed by atoms with Crippen LogP contribution in [0.15, 0.2) is 52.3 Å². The Hall–Kier alpha value is -1.50. The number of hydrogen-bond acceptors (Lipinski definition) is 2. The second-order valence-corrected chi connectivity index (χ2v) is 4.86. The predicted molar refractivity (Wildman–Crippen MR) is 66.7 cm³/mol. The van der Waals surface area contributed by atoms with E-state index >= 15 is 0 Å². The van der Waals surface area contributed by atoms with Crippen LogP contribution in [-0.4, -0.2) is 0 Å². The molecule has 0 bridgehead atoms. The zero-order chi connectivity index (χ0) is 12.3. The molecule has 4 heteroatoms. The molecule has 0 aromatic heterocycles. The summed E-state index contributed by atoms with van der Waals surface area (Å²) in [7, 11) is 0. The highest BCUT2D eigenvalue weighted by Gasteiger charge is 2.03. The molecule has 2 rings (SSSR count). The van der Waals surface area contributed by atoms with Crippen LogP contribution in [0.2, 0.25) is 5.02 Å². The summed E-state index contributed by atoms with van der Waals surface area (Å²) in [5.41, 5.74) is 0.454. The number of nitrogens with zero attached hydrogens (tertiary/aromatic N) is 1. The normalized spacial score (nSPS) is 9.94. The molecule has 0 heterocycles. The first-order chi connectivity index (χ1) is 8.19. The van der Waals surface area contributed by atoms with Gasteiger partial charge in [0.25, 0.3) is 0 Å². The molecule has 0 aliphatic heterocycles. The van der Waals surface area contributed by atoms with Gasteiger partial charge in [-0.25, -0.2) is 4.39 Å². The predicted octanol–water partition coefficient (Wildman–Crippen LogP) is 4.50. The van der Waals surface area contributed by atoms with Crippen molar-refractivity contribution in [1.29, 1.82) is 5.26 Å². The summed E-state index contributed by atoms with van der Waals surface area (Å²) in [5.74, 6) is -0.257. The Morgan fingerprint density at radius 2 is 1.71 bits per heavy atom. The molecule has 0 N–H and O–H groups in total. The molecule has 0 amide bonds. The van der Waals surface area contributed by atoms with Gasteiger partial charge in [-0.3, -0.25) is 0 Å².